The van der Waals surface area contributed by atoms with Crippen LogP contribution in [0.4, 0.5) is 0 Å². The minimum atomic E-state index is -3.29. The zero-order valence-electron chi connectivity index (χ0n) is 8.15. The van der Waals surface area contributed by atoms with E-state index in [1.54, 1.807) is 19.1 Å². The van der Waals surface area contributed by atoms with Crippen LogP contribution in [0.1, 0.15) is 24.2 Å². The van der Waals surface area contributed by atoms with Crippen LogP contribution in [-0.4, -0.2) is 20.0 Å². The van der Waals surface area contributed by atoms with Gasteiger partial charge in [0.25, 0.3) is 0 Å². The highest BCUT2D eigenvalue weighted by atomic mass is 32.2. The van der Waals surface area contributed by atoms with Gasteiger partial charge in [-0.25, -0.2) is 8.42 Å². The lowest BCUT2D eigenvalue weighted by molar-refractivity contribution is 0.101. The molecular formula is C10H12O3S. The first-order chi connectivity index (χ1) is 6.49. The third kappa shape index (κ3) is 2.01. The van der Waals surface area contributed by atoms with E-state index in [2.05, 4.69) is 0 Å². The molecule has 76 valence electrons. The normalized spacial score (nSPS) is 11.3. The lowest BCUT2D eigenvalue weighted by atomic mass is 10.1. The quantitative estimate of drug-likeness (QED) is 0.716. The average Bonchev–Trinajstić information content (AvgIpc) is 2.18. The Morgan fingerprint density at radius 1 is 1.29 bits per heavy atom. The van der Waals surface area contributed by atoms with Crippen LogP contribution in [0.5, 0.6) is 0 Å². The fourth-order valence-corrected chi connectivity index (χ4v) is 2.33. The first-order valence-corrected chi connectivity index (χ1v) is 5.97. The Balaban J connectivity index is 3.42. The molecule has 3 nitrogen and oxygen atoms in total. The molecule has 0 spiro atoms. The number of carbonyl (C=O) groups is 1. The van der Waals surface area contributed by atoms with Crippen molar-refractivity contribution in [3.05, 3.63) is 29.8 Å². The summed E-state index contributed by atoms with van der Waals surface area (Å²) in [7, 11) is -3.29. The number of carbonyl (C=O) groups excluding carboxylic acids is 1. The molecule has 0 radical (unpaired) electrons. The summed E-state index contributed by atoms with van der Waals surface area (Å²) in [6, 6.07) is 6.28. The summed E-state index contributed by atoms with van der Waals surface area (Å²) in [5.41, 5.74) is 0.273. The fraction of sp³-hybridized carbons (Fsp3) is 0.300. The molecule has 0 saturated carbocycles. The molecule has 0 atom stereocenters. The van der Waals surface area contributed by atoms with Gasteiger partial charge in [-0.3, -0.25) is 4.79 Å². The first kappa shape index (κ1) is 10.9. The molecule has 0 aromatic heterocycles. The summed E-state index contributed by atoms with van der Waals surface area (Å²) in [4.78, 5) is 11.3. The van der Waals surface area contributed by atoms with E-state index in [4.69, 9.17) is 0 Å². The molecule has 0 N–H and O–H groups in total. The minimum Gasteiger partial charge on any atom is -0.294 e. The predicted molar refractivity (Wildman–Crippen MR) is 54.2 cm³/mol. The number of hydrogen-bond acceptors (Lipinski definition) is 3. The van der Waals surface area contributed by atoms with Crippen molar-refractivity contribution in [2.45, 2.75) is 18.7 Å². The molecular weight excluding hydrogens is 200 g/mol. The zero-order chi connectivity index (χ0) is 10.8. The largest absolute Gasteiger partial charge is 0.294 e. The van der Waals surface area contributed by atoms with Gasteiger partial charge in [0.15, 0.2) is 15.6 Å². The van der Waals surface area contributed by atoms with E-state index >= 15 is 0 Å². The second kappa shape index (κ2) is 3.92. The van der Waals surface area contributed by atoms with Crippen LogP contribution in [-0.2, 0) is 9.84 Å². The summed E-state index contributed by atoms with van der Waals surface area (Å²) < 4.78 is 23.1. The molecule has 4 heteroatoms. The summed E-state index contributed by atoms with van der Waals surface area (Å²) in [6.07, 6.45) is 0. The molecule has 14 heavy (non-hydrogen) atoms. The number of ketones is 1. The van der Waals surface area contributed by atoms with Gasteiger partial charge in [0, 0.05) is 5.56 Å². The highest BCUT2D eigenvalue weighted by molar-refractivity contribution is 7.91. The van der Waals surface area contributed by atoms with Gasteiger partial charge in [-0.15, -0.1) is 0 Å². The number of rotatable bonds is 3. The Labute approximate surface area is 83.7 Å². The van der Waals surface area contributed by atoms with Crippen LogP contribution < -0.4 is 0 Å². The van der Waals surface area contributed by atoms with Crippen molar-refractivity contribution in [2.75, 3.05) is 5.75 Å². The molecule has 0 aliphatic heterocycles. The average molecular weight is 212 g/mol. The third-order valence-electron chi connectivity index (χ3n) is 1.98. The Morgan fingerprint density at radius 2 is 1.86 bits per heavy atom. The maximum Gasteiger partial charge on any atom is 0.178 e. The second-order valence-corrected chi connectivity index (χ2v) is 5.20. The van der Waals surface area contributed by atoms with Crippen molar-refractivity contribution < 1.29 is 13.2 Å². The van der Waals surface area contributed by atoms with Gasteiger partial charge in [0.05, 0.1) is 10.6 Å². The Bertz CT molecular complexity index is 446. The highest BCUT2D eigenvalue weighted by Crippen LogP contribution is 2.17. The second-order valence-electron chi connectivity index (χ2n) is 2.96. The Hall–Kier alpha value is -1.16. The van der Waals surface area contributed by atoms with Crippen molar-refractivity contribution in [3.8, 4) is 0 Å². The van der Waals surface area contributed by atoms with E-state index in [1.165, 1.54) is 19.1 Å². The van der Waals surface area contributed by atoms with Crippen LogP contribution in [0.2, 0.25) is 0 Å². The van der Waals surface area contributed by atoms with Gasteiger partial charge in [-0.2, -0.15) is 0 Å². The zero-order valence-corrected chi connectivity index (χ0v) is 8.97. The van der Waals surface area contributed by atoms with Crippen LogP contribution in [0, 0.1) is 0 Å². The fourth-order valence-electron chi connectivity index (χ4n) is 1.18. The molecule has 0 heterocycles. The molecule has 0 saturated heterocycles. The molecule has 0 aliphatic carbocycles. The first-order valence-electron chi connectivity index (χ1n) is 4.31. The molecule has 0 amide bonds. The third-order valence-corrected chi connectivity index (χ3v) is 3.77. The van der Waals surface area contributed by atoms with E-state index < -0.39 is 9.84 Å². The van der Waals surface area contributed by atoms with E-state index in [9.17, 15) is 13.2 Å². The number of hydrogen-bond donors (Lipinski definition) is 0. The van der Waals surface area contributed by atoms with Crippen LogP contribution in [0.3, 0.4) is 0 Å². The SMILES string of the molecule is CCS(=O)(=O)c1ccccc1C(C)=O. The number of Topliss-reactive ketones (excluding diaryl/α,β-unsaturated/α-hetero) is 1. The molecule has 1 aromatic rings. The molecule has 1 rings (SSSR count). The van der Waals surface area contributed by atoms with E-state index in [0.717, 1.165) is 0 Å². The predicted octanol–water partition coefficient (Wildman–Crippen LogP) is 1.68. The lowest BCUT2D eigenvalue weighted by Crippen LogP contribution is -2.09. The maximum absolute atomic E-state index is 11.6. The molecule has 0 fully saturated rings. The number of benzene rings is 1. The molecule has 1 aromatic carbocycles. The van der Waals surface area contributed by atoms with Crippen molar-refractivity contribution in [1.29, 1.82) is 0 Å². The van der Waals surface area contributed by atoms with Gasteiger partial charge < -0.3 is 0 Å². The van der Waals surface area contributed by atoms with E-state index in [0.29, 0.717) is 0 Å². The van der Waals surface area contributed by atoms with Crippen molar-refractivity contribution in [2.24, 2.45) is 0 Å². The van der Waals surface area contributed by atoms with Crippen molar-refractivity contribution in [3.63, 3.8) is 0 Å². The lowest BCUT2D eigenvalue weighted by Gasteiger charge is -2.05. The van der Waals surface area contributed by atoms with Crippen LogP contribution in [0.15, 0.2) is 29.2 Å². The van der Waals surface area contributed by atoms with Crippen LogP contribution in [0.25, 0.3) is 0 Å². The van der Waals surface area contributed by atoms with Gasteiger partial charge in [-0.05, 0) is 13.0 Å². The topological polar surface area (TPSA) is 51.2 Å². The Kier molecular flexibility index (Phi) is 3.06. The van der Waals surface area contributed by atoms with Crippen molar-refractivity contribution in [1.82, 2.24) is 0 Å². The monoisotopic (exact) mass is 212 g/mol. The van der Waals surface area contributed by atoms with Crippen LogP contribution >= 0.6 is 0 Å². The highest BCUT2D eigenvalue weighted by Gasteiger charge is 2.17. The summed E-state index contributed by atoms with van der Waals surface area (Å²) in [5, 5.41) is 0. The summed E-state index contributed by atoms with van der Waals surface area (Å²) in [6.45, 7) is 2.93. The maximum atomic E-state index is 11.6. The molecule has 0 unspecified atom stereocenters. The number of sulfone groups is 1. The van der Waals surface area contributed by atoms with Gasteiger partial charge >= 0.3 is 0 Å². The van der Waals surface area contributed by atoms with E-state index in [1.807, 2.05) is 0 Å². The smallest absolute Gasteiger partial charge is 0.178 e. The standard InChI is InChI=1S/C10H12O3S/c1-3-14(12,13)10-7-5-4-6-9(10)8(2)11/h4-7H,3H2,1-2H3. The minimum absolute atomic E-state index is 0.0112. The van der Waals surface area contributed by atoms with Gasteiger partial charge in [-0.1, -0.05) is 25.1 Å². The summed E-state index contributed by atoms with van der Waals surface area (Å²) >= 11 is 0. The molecule has 0 aliphatic rings. The van der Waals surface area contributed by atoms with E-state index in [-0.39, 0.29) is 22.0 Å². The van der Waals surface area contributed by atoms with Gasteiger partial charge in [0.1, 0.15) is 0 Å². The Morgan fingerprint density at radius 3 is 2.36 bits per heavy atom. The van der Waals surface area contributed by atoms with Crippen molar-refractivity contribution >= 4 is 15.6 Å². The molecule has 0 bridgehead atoms. The summed E-state index contributed by atoms with van der Waals surface area (Å²) in [5.74, 6) is -0.213. The van der Waals surface area contributed by atoms with Gasteiger partial charge in [0.2, 0.25) is 0 Å².